The number of aryl methyl sites for hydroxylation is 1. The number of fused-ring (bicyclic) bond motifs is 1. The number of rotatable bonds is 8. The minimum absolute atomic E-state index is 0.0708. The summed E-state index contributed by atoms with van der Waals surface area (Å²) in [5.41, 5.74) is 1.38. The molecule has 29 heavy (non-hydrogen) atoms. The number of carbonyl (C=O) groups is 1. The number of hydrogen-bond acceptors (Lipinski definition) is 5. The molecule has 7 heteroatoms. The fourth-order valence-electron chi connectivity index (χ4n) is 3.24. The van der Waals surface area contributed by atoms with Gasteiger partial charge in [0.2, 0.25) is 5.91 Å². The number of aromatic amines is 1. The summed E-state index contributed by atoms with van der Waals surface area (Å²) in [6, 6.07) is 12.5. The highest BCUT2D eigenvalue weighted by Crippen LogP contribution is 2.29. The topological polar surface area (TPSA) is 93.3 Å². The van der Waals surface area contributed by atoms with Crippen molar-refractivity contribution in [2.75, 3.05) is 14.2 Å². The Morgan fingerprint density at radius 1 is 1.17 bits per heavy atom. The van der Waals surface area contributed by atoms with Crippen LogP contribution in [-0.2, 0) is 11.2 Å². The molecule has 2 aromatic carbocycles. The van der Waals surface area contributed by atoms with Crippen molar-refractivity contribution < 1.29 is 14.3 Å². The third kappa shape index (κ3) is 4.93. The van der Waals surface area contributed by atoms with E-state index in [1.165, 1.54) is 0 Å². The van der Waals surface area contributed by atoms with Gasteiger partial charge in [0.25, 0.3) is 5.56 Å². The molecule has 1 amide bonds. The van der Waals surface area contributed by atoms with Gasteiger partial charge in [0.1, 0.15) is 17.3 Å². The van der Waals surface area contributed by atoms with E-state index in [0.717, 1.165) is 5.56 Å². The first-order chi connectivity index (χ1) is 14.0. The summed E-state index contributed by atoms with van der Waals surface area (Å²) in [4.78, 5) is 31.7. The monoisotopic (exact) mass is 395 g/mol. The summed E-state index contributed by atoms with van der Waals surface area (Å²) in [5, 5.41) is 3.55. The second kappa shape index (κ2) is 9.23. The SMILES string of the molecule is COc1ccc(C(C)NC(=O)CCCc2nc3ccccc3c(=O)[nH]2)c(OC)c1. The van der Waals surface area contributed by atoms with Gasteiger partial charge in [-0.1, -0.05) is 12.1 Å². The summed E-state index contributed by atoms with van der Waals surface area (Å²) in [6.07, 6.45) is 1.44. The highest BCUT2D eigenvalue weighted by atomic mass is 16.5. The number of nitrogens with zero attached hydrogens (tertiary/aromatic N) is 1. The van der Waals surface area contributed by atoms with Crippen LogP contribution < -0.4 is 20.3 Å². The Hall–Kier alpha value is -3.35. The first-order valence-electron chi connectivity index (χ1n) is 9.51. The number of carbonyl (C=O) groups excluding carboxylic acids is 1. The van der Waals surface area contributed by atoms with Gasteiger partial charge in [-0.15, -0.1) is 0 Å². The summed E-state index contributed by atoms with van der Waals surface area (Å²) in [5.74, 6) is 1.88. The van der Waals surface area contributed by atoms with Crippen LogP contribution in [0.3, 0.4) is 0 Å². The molecule has 152 valence electrons. The molecule has 7 nitrogen and oxygen atoms in total. The van der Waals surface area contributed by atoms with Crippen molar-refractivity contribution in [1.82, 2.24) is 15.3 Å². The summed E-state index contributed by atoms with van der Waals surface area (Å²) in [7, 11) is 3.18. The van der Waals surface area contributed by atoms with Crippen LogP contribution in [0, 0.1) is 0 Å². The first-order valence-corrected chi connectivity index (χ1v) is 9.51. The maximum Gasteiger partial charge on any atom is 0.258 e. The molecule has 0 saturated carbocycles. The molecule has 1 unspecified atom stereocenters. The van der Waals surface area contributed by atoms with E-state index in [0.29, 0.717) is 47.5 Å². The van der Waals surface area contributed by atoms with Crippen molar-refractivity contribution in [1.29, 1.82) is 0 Å². The summed E-state index contributed by atoms with van der Waals surface area (Å²) < 4.78 is 10.6. The van der Waals surface area contributed by atoms with Gasteiger partial charge in [-0.25, -0.2) is 4.98 Å². The molecule has 1 atom stereocenters. The Morgan fingerprint density at radius 3 is 2.72 bits per heavy atom. The second-order valence-corrected chi connectivity index (χ2v) is 6.78. The quantitative estimate of drug-likeness (QED) is 0.611. The molecular weight excluding hydrogens is 370 g/mol. The van der Waals surface area contributed by atoms with Crippen molar-refractivity contribution in [2.24, 2.45) is 0 Å². The largest absolute Gasteiger partial charge is 0.497 e. The Bertz CT molecular complexity index is 1060. The number of para-hydroxylation sites is 1. The molecule has 1 heterocycles. The minimum atomic E-state index is -0.207. The van der Waals surface area contributed by atoms with E-state index in [9.17, 15) is 9.59 Å². The molecule has 0 bridgehead atoms. The number of aromatic nitrogens is 2. The lowest BCUT2D eigenvalue weighted by Crippen LogP contribution is -2.26. The molecule has 0 aliphatic heterocycles. The van der Waals surface area contributed by atoms with Crippen molar-refractivity contribution >= 4 is 16.8 Å². The molecule has 0 aliphatic carbocycles. The fourth-order valence-corrected chi connectivity index (χ4v) is 3.24. The molecule has 0 aliphatic rings. The maximum absolute atomic E-state index is 12.4. The lowest BCUT2D eigenvalue weighted by Gasteiger charge is -2.18. The normalized spacial score (nSPS) is 11.8. The van der Waals surface area contributed by atoms with Crippen LogP contribution in [-0.4, -0.2) is 30.1 Å². The van der Waals surface area contributed by atoms with E-state index in [-0.39, 0.29) is 17.5 Å². The van der Waals surface area contributed by atoms with Crippen LogP contribution in [0.1, 0.15) is 37.2 Å². The zero-order valence-electron chi connectivity index (χ0n) is 16.8. The predicted octanol–water partition coefficient (Wildman–Crippen LogP) is 3.14. The fraction of sp³-hybridized carbons (Fsp3) is 0.318. The predicted molar refractivity (Wildman–Crippen MR) is 111 cm³/mol. The average molecular weight is 395 g/mol. The highest BCUT2D eigenvalue weighted by molar-refractivity contribution is 5.77. The Balaban J connectivity index is 1.57. The van der Waals surface area contributed by atoms with Gasteiger partial charge in [-0.3, -0.25) is 9.59 Å². The third-order valence-electron chi connectivity index (χ3n) is 4.76. The van der Waals surface area contributed by atoms with E-state index in [4.69, 9.17) is 9.47 Å². The third-order valence-corrected chi connectivity index (χ3v) is 4.76. The Morgan fingerprint density at radius 2 is 1.97 bits per heavy atom. The zero-order chi connectivity index (χ0) is 20.8. The van der Waals surface area contributed by atoms with Crippen LogP contribution >= 0.6 is 0 Å². The molecule has 1 aromatic heterocycles. The first kappa shape index (κ1) is 20.4. The van der Waals surface area contributed by atoms with E-state index in [1.54, 1.807) is 26.4 Å². The molecule has 0 saturated heterocycles. The molecule has 2 N–H and O–H groups in total. The number of methoxy groups -OCH3 is 2. The lowest BCUT2D eigenvalue weighted by atomic mass is 10.1. The van der Waals surface area contributed by atoms with E-state index >= 15 is 0 Å². The van der Waals surface area contributed by atoms with E-state index in [1.807, 2.05) is 37.3 Å². The molecule has 3 aromatic rings. The van der Waals surface area contributed by atoms with Crippen molar-refractivity contribution in [2.45, 2.75) is 32.2 Å². The maximum atomic E-state index is 12.4. The second-order valence-electron chi connectivity index (χ2n) is 6.78. The smallest absolute Gasteiger partial charge is 0.258 e. The molecule has 3 rings (SSSR count). The highest BCUT2D eigenvalue weighted by Gasteiger charge is 2.15. The van der Waals surface area contributed by atoms with Gasteiger partial charge in [-0.2, -0.15) is 0 Å². The summed E-state index contributed by atoms with van der Waals surface area (Å²) >= 11 is 0. The molecule has 0 fully saturated rings. The Kier molecular flexibility index (Phi) is 6.49. The molecule has 0 spiro atoms. The van der Waals surface area contributed by atoms with Crippen molar-refractivity contribution in [3.8, 4) is 11.5 Å². The van der Waals surface area contributed by atoms with Gasteiger partial charge < -0.3 is 19.8 Å². The lowest BCUT2D eigenvalue weighted by molar-refractivity contribution is -0.121. The number of benzene rings is 2. The van der Waals surface area contributed by atoms with Crippen molar-refractivity contribution in [3.05, 3.63) is 64.2 Å². The molecule has 0 radical (unpaired) electrons. The average Bonchev–Trinajstić information content (AvgIpc) is 2.73. The van der Waals surface area contributed by atoms with Gasteiger partial charge in [0, 0.05) is 24.5 Å². The van der Waals surface area contributed by atoms with E-state index < -0.39 is 0 Å². The minimum Gasteiger partial charge on any atom is -0.497 e. The number of hydrogen-bond donors (Lipinski definition) is 2. The number of amides is 1. The van der Waals surface area contributed by atoms with Crippen LogP contribution in [0.15, 0.2) is 47.3 Å². The Labute approximate surface area is 169 Å². The number of nitrogens with one attached hydrogen (secondary N) is 2. The van der Waals surface area contributed by atoms with Gasteiger partial charge >= 0.3 is 0 Å². The van der Waals surface area contributed by atoms with Gasteiger partial charge in [0.15, 0.2) is 0 Å². The summed E-state index contributed by atoms with van der Waals surface area (Å²) in [6.45, 7) is 1.91. The van der Waals surface area contributed by atoms with Crippen LogP contribution in [0.2, 0.25) is 0 Å². The number of ether oxygens (including phenoxy) is 2. The van der Waals surface area contributed by atoms with Crippen LogP contribution in [0.4, 0.5) is 0 Å². The van der Waals surface area contributed by atoms with Crippen LogP contribution in [0.5, 0.6) is 11.5 Å². The zero-order valence-corrected chi connectivity index (χ0v) is 16.8. The van der Waals surface area contributed by atoms with Gasteiger partial charge in [0.05, 0.1) is 31.2 Å². The van der Waals surface area contributed by atoms with E-state index in [2.05, 4.69) is 15.3 Å². The van der Waals surface area contributed by atoms with Gasteiger partial charge in [-0.05, 0) is 37.6 Å². The number of H-pyrrole nitrogens is 1. The molecular formula is C22H25N3O4. The standard InChI is InChI=1S/C22H25N3O4/c1-14(16-12-11-15(28-2)13-19(16)29-3)23-21(26)10-6-9-20-24-18-8-5-4-7-17(18)22(27)25-20/h4-5,7-8,11-14H,6,9-10H2,1-3H3,(H,23,26)(H,24,25,27). The van der Waals surface area contributed by atoms with Crippen LogP contribution in [0.25, 0.3) is 10.9 Å². The van der Waals surface area contributed by atoms with Crippen molar-refractivity contribution in [3.63, 3.8) is 0 Å².